The van der Waals surface area contributed by atoms with Crippen LogP contribution in [0.25, 0.3) is 6.08 Å². The maximum absolute atomic E-state index is 12.8. The van der Waals surface area contributed by atoms with Crippen molar-refractivity contribution in [1.29, 1.82) is 0 Å². The molecule has 0 radical (unpaired) electrons. The summed E-state index contributed by atoms with van der Waals surface area (Å²) in [5.74, 6) is 1.67. The smallest absolute Gasteiger partial charge is 0.246 e. The Kier molecular flexibility index (Phi) is 6.50. The minimum Gasteiger partial charge on any atom is -0.337 e. The molecule has 32 heavy (non-hydrogen) atoms. The molecule has 1 amide bonds. The molecule has 0 atom stereocenters. The van der Waals surface area contributed by atoms with Crippen molar-refractivity contribution in [3.63, 3.8) is 0 Å². The molecule has 1 aliphatic heterocycles. The van der Waals surface area contributed by atoms with Crippen LogP contribution in [0.15, 0.2) is 30.3 Å². The molecule has 1 fully saturated rings. The van der Waals surface area contributed by atoms with Crippen molar-refractivity contribution in [2.24, 2.45) is 0 Å². The molecule has 0 saturated carbocycles. The first-order valence-corrected chi connectivity index (χ1v) is 11.1. The third-order valence-electron chi connectivity index (χ3n) is 5.98. The minimum atomic E-state index is 0.0449. The van der Waals surface area contributed by atoms with E-state index >= 15 is 0 Å². The molecule has 3 aromatic rings. The SMILES string of the molecule is Cc1ccc(Cn2nc(C)c(/C=C/C(=O)N3CCN(Cc4n[nH]c(C)n4)CC3)c2C)cc1. The Morgan fingerprint density at radius 2 is 1.75 bits per heavy atom. The summed E-state index contributed by atoms with van der Waals surface area (Å²) in [5.41, 5.74) is 5.48. The third kappa shape index (κ3) is 5.13. The lowest BCUT2D eigenvalue weighted by Crippen LogP contribution is -2.47. The lowest BCUT2D eigenvalue weighted by atomic mass is 10.1. The maximum Gasteiger partial charge on any atom is 0.246 e. The van der Waals surface area contributed by atoms with Gasteiger partial charge in [0.15, 0.2) is 5.82 Å². The number of carbonyl (C=O) groups is 1. The van der Waals surface area contributed by atoms with E-state index in [-0.39, 0.29) is 5.91 Å². The zero-order valence-corrected chi connectivity index (χ0v) is 19.3. The Labute approximate surface area is 188 Å². The molecular formula is C24H31N7O. The average molecular weight is 434 g/mol. The number of aromatic nitrogens is 5. The summed E-state index contributed by atoms with van der Waals surface area (Å²) in [4.78, 5) is 21.3. The number of piperazine rings is 1. The molecule has 1 aliphatic rings. The lowest BCUT2D eigenvalue weighted by Gasteiger charge is -2.33. The molecule has 0 unspecified atom stereocenters. The van der Waals surface area contributed by atoms with Gasteiger partial charge in [-0.2, -0.15) is 10.2 Å². The molecular weight excluding hydrogens is 402 g/mol. The molecule has 3 heterocycles. The van der Waals surface area contributed by atoms with Crippen molar-refractivity contribution < 1.29 is 4.79 Å². The summed E-state index contributed by atoms with van der Waals surface area (Å²) in [6.07, 6.45) is 3.59. The molecule has 4 rings (SSSR count). The minimum absolute atomic E-state index is 0.0449. The lowest BCUT2D eigenvalue weighted by molar-refractivity contribution is -0.127. The highest BCUT2D eigenvalue weighted by Gasteiger charge is 2.21. The second-order valence-corrected chi connectivity index (χ2v) is 8.50. The number of nitrogens with one attached hydrogen (secondary N) is 1. The average Bonchev–Trinajstić information content (AvgIpc) is 3.30. The summed E-state index contributed by atoms with van der Waals surface area (Å²) in [7, 11) is 0. The van der Waals surface area contributed by atoms with Crippen molar-refractivity contribution in [2.45, 2.75) is 40.8 Å². The van der Waals surface area contributed by atoms with Crippen LogP contribution in [0.4, 0.5) is 0 Å². The predicted molar refractivity (Wildman–Crippen MR) is 124 cm³/mol. The van der Waals surface area contributed by atoms with Gasteiger partial charge in [0.05, 0.1) is 18.8 Å². The van der Waals surface area contributed by atoms with E-state index in [2.05, 4.69) is 63.3 Å². The molecule has 0 bridgehead atoms. The van der Waals surface area contributed by atoms with Crippen LogP contribution in [0.1, 0.15) is 39.7 Å². The van der Waals surface area contributed by atoms with Crippen LogP contribution in [-0.2, 0) is 17.9 Å². The Bertz CT molecular complexity index is 1100. The van der Waals surface area contributed by atoms with Gasteiger partial charge >= 0.3 is 0 Å². The number of carbonyl (C=O) groups excluding carboxylic acids is 1. The number of H-pyrrole nitrogens is 1. The maximum atomic E-state index is 12.8. The molecule has 0 spiro atoms. The molecule has 0 aliphatic carbocycles. The number of amides is 1. The van der Waals surface area contributed by atoms with Crippen LogP contribution in [0.2, 0.25) is 0 Å². The fraction of sp³-hybridized carbons (Fsp3) is 0.417. The Hall–Kier alpha value is -3.26. The molecule has 2 aromatic heterocycles. The van der Waals surface area contributed by atoms with Gasteiger partial charge in [-0.05, 0) is 39.3 Å². The van der Waals surface area contributed by atoms with E-state index in [9.17, 15) is 4.79 Å². The standard InChI is InChI=1S/C24H31N7O/c1-17-5-7-21(8-6-17)15-31-19(3)22(18(2)28-31)9-10-24(32)30-13-11-29(12-14-30)16-23-25-20(4)26-27-23/h5-10H,11-16H2,1-4H3,(H,25,26,27)/b10-9+. The van der Waals surface area contributed by atoms with E-state index in [0.29, 0.717) is 19.6 Å². The number of hydrogen-bond acceptors (Lipinski definition) is 5. The van der Waals surface area contributed by atoms with E-state index in [1.54, 1.807) is 6.08 Å². The van der Waals surface area contributed by atoms with Crippen LogP contribution in [-0.4, -0.2) is 66.8 Å². The van der Waals surface area contributed by atoms with Crippen molar-refractivity contribution in [3.8, 4) is 0 Å². The van der Waals surface area contributed by atoms with Gasteiger partial charge in [-0.15, -0.1) is 0 Å². The monoisotopic (exact) mass is 433 g/mol. The quantitative estimate of drug-likeness (QED) is 0.605. The Morgan fingerprint density at radius 3 is 2.41 bits per heavy atom. The number of benzene rings is 1. The van der Waals surface area contributed by atoms with E-state index in [4.69, 9.17) is 0 Å². The Morgan fingerprint density at radius 1 is 1.03 bits per heavy atom. The second kappa shape index (κ2) is 9.48. The first kappa shape index (κ1) is 22.0. The zero-order chi connectivity index (χ0) is 22.7. The normalized spacial score (nSPS) is 15.1. The molecule has 1 saturated heterocycles. The number of hydrogen-bond donors (Lipinski definition) is 1. The van der Waals surface area contributed by atoms with Crippen LogP contribution in [0, 0.1) is 27.7 Å². The largest absolute Gasteiger partial charge is 0.337 e. The summed E-state index contributed by atoms with van der Waals surface area (Å²) in [5, 5.41) is 11.8. The van der Waals surface area contributed by atoms with E-state index in [0.717, 1.165) is 48.2 Å². The highest BCUT2D eigenvalue weighted by molar-refractivity contribution is 5.92. The van der Waals surface area contributed by atoms with Crippen LogP contribution < -0.4 is 0 Å². The summed E-state index contributed by atoms with van der Waals surface area (Å²) in [6, 6.07) is 8.50. The van der Waals surface area contributed by atoms with Crippen LogP contribution in [0.5, 0.6) is 0 Å². The van der Waals surface area contributed by atoms with Gasteiger partial charge in [-0.25, -0.2) is 4.98 Å². The van der Waals surface area contributed by atoms with E-state index in [1.807, 2.05) is 29.5 Å². The first-order valence-electron chi connectivity index (χ1n) is 11.1. The van der Waals surface area contributed by atoms with Gasteiger partial charge in [-0.3, -0.25) is 19.5 Å². The number of aryl methyl sites for hydroxylation is 3. The van der Waals surface area contributed by atoms with Gasteiger partial charge in [0.1, 0.15) is 5.82 Å². The molecule has 1 aromatic carbocycles. The summed E-state index contributed by atoms with van der Waals surface area (Å²) in [6.45, 7) is 12.5. The molecule has 8 heteroatoms. The van der Waals surface area contributed by atoms with Gasteiger partial charge in [0.25, 0.3) is 0 Å². The van der Waals surface area contributed by atoms with Gasteiger partial charge < -0.3 is 4.90 Å². The van der Waals surface area contributed by atoms with Crippen molar-refractivity contribution in [2.75, 3.05) is 26.2 Å². The summed E-state index contributed by atoms with van der Waals surface area (Å²) < 4.78 is 2.01. The summed E-state index contributed by atoms with van der Waals surface area (Å²) >= 11 is 0. The van der Waals surface area contributed by atoms with Gasteiger partial charge in [-0.1, -0.05) is 29.8 Å². The number of aromatic amines is 1. The number of nitrogens with zero attached hydrogens (tertiary/aromatic N) is 6. The third-order valence-corrected chi connectivity index (χ3v) is 5.98. The molecule has 8 nitrogen and oxygen atoms in total. The Balaban J connectivity index is 1.34. The van der Waals surface area contributed by atoms with Crippen molar-refractivity contribution in [3.05, 3.63) is 70.1 Å². The van der Waals surface area contributed by atoms with E-state index < -0.39 is 0 Å². The first-order chi connectivity index (χ1) is 15.4. The molecule has 1 N–H and O–H groups in total. The van der Waals surface area contributed by atoms with Crippen molar-refractivity contribution in [1.82, 2.24) is 34.8 Å². The van der Waals surface area contributed by atoms with Gasteiger partial charge in [0, 0.05) is 43.5 Å². The van der Waals surface area contributed by atoms with E-state index in [1.165, 1.54) is 11.1 Å². The topological polar surface area (TPSA) is 82.9 Å². The van der Waals surface area contributed by atoms with Crippen LogP contribution in [0.3, 0.4) is 0 Å². The number of rotatable bonds is 6. The zero-order valence-electron chi connectivity index (χ0n) is 19.3. The fourth-order valence-corrected chi connectivity index (χ4v) is 4.02. The highest BCUT2D eigenvalue weighted by atomic mass is 16.2. The van der Waals surface area contributed by atoms with Crippen LogP contribution >= 0.6 is 0 Å². The molecule has 168 valence electrons. The van der Waals surface area contributed by atoms with Gasteiger partial charge in [0.2, 0.25) is 5.91 Å². The second-order valence-electron chi connectivity index (χ2n) is 8.50. The predicted octanol–water partition coefficient (Wildman–Crippen LogP) is 2.64. The highest BCUT2D eigenvalue weighted by Crippen LogP contribution is 2.17. The fourth-order valence-electron chi connectivity index (χ4n) is 4.02. The van der Waals surface area contributed by atoms with Crippen molar-refractivity contribution >= 4 is 12.0 Å².